The van der Waals surface area contributed by atoms with Gasteiger partial charge >= 0.3 is 5.97 Å². The number of nitrogens with zero attached hydrogens (tertiary/aromatic N) is 1. The number of methoxy groups -OCH3 is 1. The number of ether oxygens (including phenoxy) is 1. The SMILES string of the molecule is COCC(NCC1(N(C)C)CCC1)C(=O)O. The van der Waals surface area contributed by atoms with E-state index in [2.05, 4.69) is 10.2 Å². The molecule has 0 aromatic rings. The van der Waals surface area contributed by atoms with Gasteiger partial charge in [0.1, 0.15) is 6.04 Å². The van der Waals surface area contributed by atoms with Crippen molar-refractivity contribution in [1.82, 2.24) is 10.2 Å². The van der Waals surface area contributed by atoms with E-state index in [1.54, 1.807) is 0 Å². The smallest absolute Gasteiger partial charge is 0.323 e. The highest BCUT2D eigenvalue weighted by atomic mass is 16.5. The minimum absolute atomic E-state index is 0.140. The number of carboxylic acids is 1. The van der Waals surface area contributed by atoms with Crippen molar-refractivity contribution < 1.29 is 14.6 Å². The fourth-order valence-corrected chi connectivity index (χ4v) is 2.06. The Morgan fingerprint density at radius 2 is 2.19 bits per heavy atom. The van der Waals surface area contributed by atoms with Crippen molar-refractivity contribution in [2.24, 2.45) is 0 Å². The van der Waals surface area contributed by atoms with Gasteiger partial charge in [-0.3, -0.25) is 4.79 Å². The molecule has 2 N–H and O–H groups in total. The number of nitrogens with one attached hydrogen (secondary N) is 1. The van der Waals surface area contributed by atoms with Crippen LogP contribution in [0.3, 0.4) is 0 Å². The van der Waals surface area contributed by atoms with Gasteiger partial charge < -0.3 is 20.1 Å². The van der Waals surface area contributed by atoms with Gasteiger partial charge in [0.2, 0.25) is 0 Å². The van der Waals surface area contributed by atoms with Gasteiger partial charge in [-0.2, -0.15) is 0 Å². The van der Waals surface area contributed by atoms with E-state index >= 15 is 0 Å². The number of hydrogen-bond acceptors (Lipinski definition) is 4. The van der Waals surface area contributed by atoms with Crippen molar-refractivity contribution in [3.63, 3.8) is 0 Å². The normalized spacial score (nSPS) is 20.5. The highest BCUT2D eigenvalue weighted by Gasteiger charge is 2.39. The molecule has 1 saturated carbocycles. The largest absolute Gasteiger partial charge is 0.480 e. The molecular weight excluding hydrogens is 208 g/mol. The van der Waals surface area contributed by atoms with Crippen LogP contribution in [0.2, 0.25) is 0 Å². The molecule has 0 aromatic carbocycles. The minimum atomic E-state index is -0.852. The van der Waals surface area contributed by atoms with Crippen LogP contribution in [0.4, 0.5) is 0 Å². The average Bonchev–Trinajstić information content (AvgIpc) is 2.13. The highest BCUT2D eigenvalue weighted by molar-refractivity contribution is 5.73. The first-order chi connectivity index (χ1) is 7.52. The quantitative estimate of drug-likeness (QED) is 0.652. The predicted molar refractivity (Wildman–Crippen MR) is 61.6 cm³/mol. The Kier molecular flexibility index (Phi) is 4.70. The van der Waals surface area contributed by atoms with Crippen LogP contribution < -0.4 is 5.32 Å². The Balaban J connectivity index is 2.44. The maximum atomic E-state index is 10.9. The lowest BCUT2D eigenvalue weighted by Crippen LogP contribution is -2.59. The summed E-state index contributed by atoms with van der Waals surface area (Å²) in [6, 6.07) is -0.609. The Morgan fingerprint density at radius 1 is 1.56 bits per heavy atom. The third kappa shape index (κ3) is 2.93. The zero-order valence-corrected chi connectivity index (χ0v) is 10.3. The molecule has 94 valence electrons. The molecule has 1 aliphatic carbocycles. The lowest BCUT2D eigenvalue weighted by molar-refractivity contribution is -0.141. The number of aliphatic carboxylic acids is 1. The molecule has 5 heteroatoms. The Bertz CT molecular complexity index is 239. The van der Waals surface area contributed by atoms with Gasteiger partial charge in [0, 0.05) is 19.2 Å². The average molecular weight is 230 g/mol. The number of likely N-dealkylation sites (N-methyl/N-ethyl adjacent to an activating group) is 1. The zero-order chi connectivity index (χ0) is 12.2. The molecule has 0 saturated heterocycles. The molecule has 16 heavy (non-hydrogen) atoms. The van der Waals surface area contributed by atoms with Crippen LogP contribution in [0.15, 0.2) is 0 Å². The Labute approximate surface area is 96.8 Å². The van der Waals surface area contributed by atoms with Crippen molar-refractivity contribution in [2.75, 3.05) is 34.4 Å². The summed E-state index contributed by atoms with van der Waals surface area (Å²) in [6.45, 7) is 0.916. The lowest BCUT2D eigenvalue weighted by Gasteiger charge is -2.48. The molecule has 0 heterocycles. The van der Waals surface area contributed by atoms with Crippen LogP contribution in [-0.2, 0) is 9.53 Å². The molecule has 1 unspecified atom stereocenters. The van der Waals surface area contributed by atoms with Crippen LogP contribution in [-0.4, -0.2) is 61.9 Å². The third-order valence-electron chi connectivity index (χ3n) is 3.54. The van der Waals surface area contributed by atoms with Gasteiger partial charge in [0.15, 0.2) is 0 Å². The van der Waals surface area contributed by atoms with E-state index in [-0.39, 0.29) is 12.1 Å². The number of carbonyl (C=O) groups is 1. The maximum absolute atomic E-state index is 10.9. The first-order valence-corrected chi connectivity index (χ1v) is 5.64. The molecule has 0 radical (unpaired) electrons. The van der Waals surface area contributed by atoms with E-state index in [0.29, 0.717) is 6.54 Å². The van der Waals surface area contributed by atoms with E-state index in [4.69, 9.17) is 9.84 Å². The summed E-state index contributed by atoms with van der Waals surface area (Å²) < 4.78 is 4.89. The molecule has 1 atom stereocenters. The summed E-state index contributed by atoms with van der Waals surface area (Å²) >= 11 is 0. The molecule has 0 aliphatic heterocycles. The minimum Gasteiger partial charge on any atom is -0.480 e. The van der Waals surface area contributed by atoms with Gasteiger partial charge in [-0.05, 0) is 33.4 Å². The number of rotatable bonds is 7. The van der Waals surface area contributed by atoms with Crippen LogP contribution in [0.5, 0.6) is 0 Å². The highest BCUT2D eigenvalue weighted by Crippen LogP contribution is 2.35. The summed E-state index contributed by atoms with van der Waals surface area (Å²) in [6.07, 6.45) is 3.49. The van der Waals surface area contributed by atoms with Crippen molar-refractivity contribution in [3.05, 3.63) is 0 Å². The standard InChI is InChI=1S/C11H22N2O3/c1-13(2)11(5-4-6-11)8-12-9(7-16-3)10(14)15/h9,12H,4-8H2,1-3H3,(H,14,15). The second-order valence-electron chi connectivity index (χ2n) is 4.70. The van der Waals surface area contributed by atoms with Crippen LogP contribution >= 0.6 is 0 Å². The van der Waals surface area contributed by atoms with Crippen LogP contribution in [0.25, 0.3) is 0 Å². The summed E-state index contributed by atoms with van der Waals surface area (Å²) in [5.74, 6) is -0.852. The molecule has 1 fully saturated rings. The third-order valence-corrected chi connectivity index (χ3v) is 3.54. The van der Waals surface area contributed by atoms with Crippen molar-refractivity contribution in [3.8, 4) is 0 Å². The van der Waals surface area contributed by atoms with E-state index in [9.17, 15) is 4.79 Å². The van der Waals surface area contributed by atoms with Gasteiger partial charge in [-0.1, -0.05) is 0 Å². The molecule has 5 nitrogen and oxygen atoms in total. The van der Waals surface area contributed by atoms with Gasteiger partial charge in [0.25, 0.3) is 0 Å². The molecular formula is C11H22N2O3. The van der Waals surface area contributed by atoms with Crippen LogP contribution in [0.1, 0.15) is 19.3 Å². The molecule has 0 aromatic heterocycles. The predicted octanol–water partition coefficient (Wildman–Crippen LogP) is 0.160. The molecule has 0 amide bonds. The van der Waals surface area contributed by atoms with Crippen molar-refractivity contribution in [1.29, 1.82) is 0 Å². The fourth-order valence-electron chi connectivity index (χ4n) is 2.06. The van der Waals surface area contributed by atoms with Gasteiger partial charge in [0.05, 0.1) is 6.61 Å². The second-order valence-corrected chi connectivity index (χ2v) is 4.70. The van der Waals surface area contributed by atoms with E-state index in [1.807, 2.05) is 14.1 Å². The van der Waals surface area contributed by atoms with E-state index in [0.717, 1.165) is 12.8 Å². The van der Waals surface area contributed by atoms with Crippen LogP contribution in [0, 0.1) is 0 Å². The second kappa shape index (κ2) is 5.61. The van der Waals surface area contributed by atoms with Crippen molar-refractivity contribution >= 4 is 5.97 Å². The fraction of sp³-hybridized carbons (Fsp3) is 0.909. The monoisotopic (exact) mass is 230 g/mol. The summed E-state index contributed by atoms with van der Waals surface area (Å²) in [5.41, 5.74) is 0.140. The number of hydrogen-bond donors (Lipinski definition) is 2. The Morgan fingerprint density at radius 3 is 2.50 bits per heavy atom. The van der Waals surface area contributed by atoms with E-state index in [1.165, 1.54) is 13.5 Å². The van der Waals surface area contributed by atoms with E-state index < -0.39 is 12.0 Å². The first-order valence-electron chi connectivity index (χ1n) is 5.64. The summed E-state index contributed by atoms with van der Waals surface area (Å²) in [4.78, 5) is 13.1. The topological polar surface area (TPSA) is 61.8 Å². The number of carboxylic acid groups (broad SMARTS) is 1. The van der Waals surface area contributed by atoms with Crippen molar-refractivity contribution in [2.45, 2.75) is 30.8 Å². The molecule has 1 rings (SSSR count). The lowest BCUT2D eigenvalue weighted by atomic mass is 9.75. The van der Waals surface area contributed by atoms with Gasteiger partial charge in [-0.25, -0.2) is 0 Å². The maximum Gasteiger partial charge on any atom is 0.323 e. The summed E-state index contributed by atoms with van der Waals surface area (Å²) in [7, 11) is 5.61. The summed E-state index contributed by atoms with van der Waals surface area (Å²) in [5, 5.41) is 12.1. The first kappa shape index (κ1) is 13.4. The zero-order valence-electron chi connectivity index (χ0n) is 10.3. The van der Waals surface area contributed by atoms with Gasteiger partial charge in [-0.15, -0.1) is 0 Å². The molecule has 1 aliphatic rings. The molecule has 0 bridgehead atoms. The Hall–Kier alpha value is -0.650. The molecule has 0 spiro atoms.